The standard InChI is InChI=1S/C6H9ClN6O/c7-3(14)1-2-10-6-12-4(8)11-5(9)13-6/h1-2H2,(H5,8,9,10,11,12,13). The molecule has 0 amide bonds. The van der Waals surface area contributed by atoms with E-state index in [4.69, 9.17) is 23.1 Å². The maximum Gasteiger partial charge on any atom is 0.229 e. The Kier molecular flexibility index (Phi) is 3.41. The van der Waals surface area contributed by atoms with Crippen LogP contribution in [0.3, 0.4) is 0 Å². The van der Waals surface area contributed by atoms with Gasteiger partial charge in [0.1, 0.15) is 0 Å². The SMILES string of the molecule is Nc1nc(N)nc(NCCC(=O)Cl)n1. The van der Waals surface area contributed by atoms with E-state index in [0.29, 0.717) is 6.54 Å². The van der Waals surface area contributed by atoms with Gasteiger partial charge in [-0.2, -0.15) is 15.0 Å². The van der Waals surface area contributed by atoms with Gasteiger partial charge in [-0.1, -0.05) is 0 Å². The second-order valence-corrected chi connectivity index (χ2v) is 2.83. The number of hydrogen-bond donors (Lipinski definition) is 3. The molecule has 0 unspecified atom stereocenters. The van der Waals surface area contributed by atoms with E-state index in [-0.39, 0.29) is 24.3 Å². The van der Waals surface area contributed by atoms with Gasteiger partial charge in [-0.3, -0.25) is 4.79 Å². The number of nitrogens with one attached hydrogen (secondary N) is 1. The predicted octanol–water partition coefficient (Wildman–Crippen LogP) is -0.397. The molecule has 0 radical (unpaired) electrons. The Bertz CT molecular complexity index is 323. The monoisotopic (exact) mass is 216 g/mol. The number of carbonyl (C=O) groups is 1. The molecule has 0 bridgehead atoms. The Morgan fingerprint density at radius 1 is 1.29 bits per heavy atom. The van der Waals surface area contributed by atoms with Gasteiger partial charge in [-0.15, -0.1) is 0 Å². The van der Waals surface area contributed by atoms with Gasteiger partial charge >= 0.3 is 0 Å². The number of rotatable bonds is 4. The van der Waals surface area contributed by atoms with E-state index in [9.17, 15) is 4.79 Å². The molecule has 0 atom stereocenters. The maximum absolute atomic E-state index is 10.4. The summed E-state index contributed by atoms with van der Waals surface area (Å²) >= 11 is 5.13. The molecule has 0 spiro atoms. The third-order valence-corrected chi connectivity index (χ3v) is 1.46. The molecular formula is C6H9ClN6O. The first kappa shape index (κ1) is 10.5. The summed E-state index contributed by atoms with van der Waals surface area (Å²) in [6, 6.07) is 0. The molecule has 1 aromatic rings. The molecule has 5 N–H and O–H groups in total. The van der Waals surface area contributed by atoms with Crippen molar-refractivity contribution < 1.29 is 4.79 Å². The highest BCUT2D eigenvalue weighted by atomic mass is 35.5. The summed E-state index contributed by atoms with van der Waals surface area (Å²) in [7, 11) is 0. The molecule has 0 fully saturated rings. The lowest BCUT2D eigenvalue weighted by atomic mass is 10.5. The minimum absolute atomic E-state index is 0.0252. The minimum atomic E-state index is -0.437. The molecule has 14 heavy (non-hydrogen) atoms. The molecule has 0 aliphatic heterocycles. The van der Waals surface area contributed by atoms with Gasteiger partial charge in [0.05, 0.1) is 0 Å². The number of carbonyl (C=O) groups excluding carboxylic acids is 1. The molecule has 76 valence electrons. The Morgan fingerprint density at radius 3 is 2.36 bits per heavy atom. The van der Waals surface area contributed by atoms with Gasteiger partial charge in [0.15, 0.2) is 0 Å². The zero-order valence-corrected chi connectivity index (χ0v) is 7.95. The van der Waals surface area contributed by atoms with Crippen LogP contribution >= 0.6 is 11.6 Å². The Labute approximate surface area is 84.9 Å². The number of nitrogen functional groups attached to an aromatic ring is 2. The van der Waals surface area contributed by atoms with E-state index in [1.54, 1.807) is 0 Å². The zero-order chi connectivity index (χ0) is 10.6. The molecule has 0 aliphatic rings. The van der Waals surface area contributed by atoms with Crippen LogP contribution in [0.1, 0.15) is 6.42 Å². The lowest BCUT2D eigenvalue weighted by Crippen LogP contribution is -2.11. The summed E-state index contributed by atoms with van der Waals surface area (Å²) in [4.78, 5) is 21.5. The van der Waals surface area contributed by atoms with E-state index in [2.05, 4.69) is 20.3 Å². The van der Waals surface area contributed by atoms with E-state index >= 15 is 0 Å². The third-order valence-electron chi connectivity index (χ3n) is 1.27. The summed E-state index contributed by atoms with van der Waals surface area (Å²) in [6.45, 7) is 0.325. The topological polar surface area (TPSA) is 120 Å². The van der Waals surface area contributed by atoms with Crippen molar-refractivity contribution in [2.45, 2.75) is 6.42 Å². The summed E-state index contributed by atoms with van der Waals surface area (Å²) in [5.41, 5.74) is 10.6. The molecular weight excluding hydrogens is 208 g/mol. The first-order valence-electron chi connectivity index (χ1n) is 3.77. The van der Waals surface area contributed by atoms with Crippen LogP contribution in [0.4, 0.5) is 17.8 Å². The van der Waals surface area contributed by atoms with Crippen molar-refractivity contribution in [3.8, 4) is 0 Å². The van der Waals surface area contributed by atoms with Crippen LogP contribution in [-0.2, 0) is 4.79 Å². The molecule has 0 saturated carbocycles. The van der Waals surface area contributed by atoms with E-state index < -0.39 is 5.24 Å². The van der Waals surface area contributed by atoms with Crippen LogP contribution < -0.4 is 16.8 Å². The molecule has 0 aromatic carbocycles. The Morgan fingerprint density at radius 2 is 1.86 bits per heavy atom. The second kappa shape index (κ2) is 4.56. The number of nitrogens with two attached hydrogens (primary N) is 2. The Hall–Kier alpha value is -1.63. The van der Waals surface area contributed by atoms with E-state index in [1.165, 1.54) is 0 Å². The quantitative estimate of drug-likeness (QED) is 0.586. The highest BCUT2D eigenvalue weighted by Crippen LogP contribution is 2.03. The van der Waals surface area contributed by atoms with Crippen molar-refractivity contribution in [2.24, 2.45) is 0 Å². The molecule has 1 aromatic heterocycles. The fraction of sp³-hybridized carbons (Fsp3) is 0.333. The van der Waals surface area contributed by atoms with Gasteiger partial charge in [-0.05, 0) is 11.6 Å². The smallest absolute Gasteiger partial charge is 0.229 e. The lowest BCUT2D eigenvalue weighted by molar-refractivity contribution is -0.111. The van der Waals surface area contributed by atoms with E-state index in [0.717, 1.165) is 0 Å². The number of halogens is 1. The van der Waals surface area contributed by atoms with Crippen LogP contribution in [0.2, 0.25) is 0 Å². The molecule has 7 nitrogen and oxygen atoms in total. The van der Waals surface area contributed by atoms with Crippen LogP contribution in [0, 0.1) is 0 Å². The highest BCUT2D eigenvalue weighted by molar-refractivity contribution is 6.63. The minimum Gasteiger partial charge on any atom is -0.368 e. The second-order valence-electron chi connectivity index (χ2n) is 2.41. The van der Waals surface area contributed by atoms with Crippen molar-refractivity contribution in [3.63, 3.8) is 0 Å². The number of anilines is 3. The fourth-order valence-corrected chi connectivity index (χ4v) is 0.855. The van der Waals surface area contributed by atoms with Crippen molar-refractivity contribution in [2.75, 3.05) is 23.3 Å². The molecule has 0 saturated heterocycles. The van der Waals surface area contributed by atoms with Crippen LogP contribution in [0.15, 0.2) is 0 Å². The van der Waals surface area contributed by atoms with Crippen molar-refractivity contribution in [3.05, 3.63) is 0 Å². The molecule has 1 heterocycles. The average Bonchev–Trinajstić information content (AvgIpc) is 2.01. The van der Waals surface area contributed by atoms with Gasteiger partial charge in [0.2, 0.25) is 23.1 Å². The van der Waals surface area contributed by atoms with Crippen LogP contribution in [0.25, 0.3) is 0 Å². The molecule has 8 heteroatoms. The Balaban J connectivity index is 2.54. The predicted molar refractivity (Wildman–Crippen MR) is 52.6 cm³/mol. The maximum atomic E-state index is 10.4. The summed E-state index contributed by atoms with van der Waals surface area (Å²) in [6.07, 6.45) is 0.174. The zero-order valence-electron chi connectivity index (χ0n) is 7.20. The lowest BCUT2D eigenvalue weighted by Gasteiger charge is -2.03. The van der Waals surface area contributed by atoms with Gasteiger partial charge in [0, 0.05) is 13.0 Å². The summed E-state index contributed by atoms with van der Waals surface area (Å²) < 4.78 is 0. The molecule has 1 rings (SSSR count). The van der Waals surface area contributed by atoms with Gasteiger partial charge in [-0.25, -0.2) is 0 Å². The van der Waals surface area contributed by atoms with Gasteiger partial charge in [0.25, 0.3) is 0 Å². The van der Waals surface area contributed by atoms with Crippen molar-refractivity contribution in [1.29, 1.82) is 0 Å². The number of hydrogen-bond acceptors (Lipinski definition) is 7. The van der Waals surface area contributed by atoms with Crippen molar-refractivity contribution >= 4 is 34.7 Å². The number of aromatic nitrogens is 3. The van der Waals surface area contributed by atoms with Crippen molar-refractivity contribution in [1.82, 2.24) is 15.0 Å². The third kappa shape index (κ3) is 3.40. The van der Waals surface area contributed by atoms with Crippen LogP contribution in [0.5, 0.6) is 0 Å². The normalized spacial score (nSPS) is 9.79. The highest BCUT2D eigenvalue weighted by Gasteiger charge is 2.01. The first-order chi connectivity index (χ1) is 6.58. The first-order valence-corrected chi connectivity index (χ1v) is 4.15. The largest absolute Gasteiger partial charge is 0.368 e. The average molecular weight is 217 g/mol. The summed E-state index contributed by atoms with van der Waals surface area (Å²) in [5.74, 6) is 0.280. The van der Waals surface area contributed by atoms with Gasteiger partial charge < -0.3 is 16.8 Å². The summed E-state index contributed by atoms with van der Waals surface area (Å²) in [5, 5.41) is 2.29. The number of nitrogens with zero attached hydrogens (tertiary/aromatic N) is 3. The van der Waals surface area contributed by atoms with Crippen LogP contribution in [-0.4, -0.2) is 26.7 Å². The van der Waals surface area contributed by atoms with E-state index in [1.807, 2.05) is 0 Å². The molecule has 0 aliphatic carbocycles. The fourth-order valence-electron chi connectivity index (χ4n) is 0.761.